The van der Waals surface area contributed by atoms with Crippen molar-refractivity contribution < 1.29 is 89.7 Å². The van der Waals surface area contributed by atoms with Crippen LogP contribution in [0, 0.1) is 45.3 Å². The smallest absolute Gasteiger partial charge is 0.187 e. The molecule has 7 rings (SSSR count). The van der Waals surface area contributed by atoms with E-state index in [0.717, 1.165) is 44.1 Å². The number of aliphatic hydroxyl groups is 12. The zero-order valence-electron chi connectivity index (χ0n) is 39.6. The number of aliphatic hydroxyl groups excluding tert-OH is 12. The predicted octanol–water partition coefficient (Wildman–Crippen LogP) is -0.249. The van der Waals surface area contributed by atoms with Crippen molar-refractivity contribution >= 4 is 0 Å². The number of fused-ring (bicyclic) bond motifs is 5. The Labute approximate surface area is 388 Å². The van der Waals surface area contributed by atoms with E-state index in [1.807, 2.05) is 6.92 Å². The van der Waals surface area contributed by atoms with Gasteiger partial charge < -0.3 is 89.7 Å². The van der Waals surface area contributed by atoms with E-state index in [-0.39, 0.29) is 40.8 Å². The number of ether oxygens (including phenoxy) is 6. The van der Waals surface area contributed by atoms with Crippen LogP contribution in [-0.2, 0) is 28.4 Å². The molecular formula is C48H80O18. The maximum absolute atomic E-state index is 12.5. The van der Waals surface area contributed by atoms with Gasteiger partial charge in [0.15, 0.2) is 18.9 Å². The second-order valence-electron chi connectivity index (χ2n) is 22.1. The van der Waals surface area contributed by atoms with Gasteiger partial charge in [-0.1, -0.05) is 64.8 Å². The van der Waals surface area contributed by atoms with Crippen molar-refractivity contribution in [3.8, 4) is 0 Å². The van der Waals surface area contributed by atoms with Gasteiger partial charge in [-0.25, -0.2) is 0 Å². The van der Waals surface area contributed by atoms with Gasteiger partial charge in [0.1, 0.15) is 73.2 Å². The van der Waals surface area contributed by atoms with Gasteiger partial charge in [-0.15, -0.1) is 0 Å². The Morgan fingerprint density at radius 2 is 1.24 bits per heavy atom. The summed E-state index contributed by atoms with van der Waals surface area (Å²) in [5, 5.41) is 126. The lowest BCUT2D eigenvalue weighted by molar-refractivity contribution is -0.366. The summed E-state index contributed by atoms with van der Waals surface area (Å²) in [6.07, 6.45) is -11.8. The summed E-state index contributed by atoms with van der Waals surface area (Å²) in [7, 11) is 0. The molecule has 18 heteroatoms. The highest BCUT2D eigenvalue weighted by atomic mass is 16.8. The van der Waals surface area contributed by atoms with Crippen LogP contribution in [0.25, 0.3) is 0 Å². The summed E-state index contributed by atoms with van der Waals surface area (Å²) >= 11 is 0. The monoisotopic (exact) mass is 945 g/mol. The molecule has 0 aromatic rings. The van der Waals surface area contributed by atoms with Gasteiger partial charge in [0.2, 0.25) is 0 Å². The molecule has 6 fully saturated rings. The van der Waals surface area contributed by atoms with Crippen molar-refractivity contribution in [1.82, 2.24) is 0 Å². The SMILES string of the molecule is C/C(=C\CC[C@H](C)[C@@H]1CC[C@@]2(C)[C@@H]3CC=C4[C@@H](CC[C@H](O[C@H]5O[C@@H](CO)[C@H](O)[C@@H](O)[C@@H]5O)C4(C)C)[C@]3(C)[C@@H](O)C[C@]12C)CO[C@H]1O[C@@H](CO)[C@H](O)[C@@H](O)[C@@H]1O[C@H]1O[C@@H](CO)[C@H](O)[C@@H](O)[C@@H]1O. The molecule has 3 saturated carbocycles. The Morgan fingerprint density at radius 1 is 0.697 bits per heavy atom. The fourth-order valence-corrected chi connectivity index (χ4v) is 14.0. The summed E-state index contributed by atoms with van der Waals surface area (Å²) in [4.78, 5) is 0. The molecule has 0 aromatic carbocycles. The van der Waals surface area contributed by atoms with Crippen molar-refractivity contribution in [2.24, 2.45) is 45.3 Å². The van der Waals surface area contributed by atoms with Gasteiger partial charge in [0.05, 0.1) is 38.6 Å². The number of rotatable bonds is 14. The van der Waals surface area contributed by atoms with Crippen molar-refractivity contribution in [3.05, 3.63) is 23.3 Å². The molecule has 0 radical (unpaired) electrons. The van der Waals surface area contributed by atoms with Crippen LogP contribution in [0.5, 0.6) is 0 Å². The van der Waals surface area contributed by atoms with Crippen LogP contribution in [0.3, 0.4) is 0 Å². The van der Waals surface area contributed by atoms with Crippen molar-refractivity contribution in [2.75, 3.05) is 26.4 Å². The molecule has 0 unspecified atom stereocenters. The lowest BCUT2D eigenvalue weighted by Gasteiger charge is -2.67. The summed E-state index contributed by atoms with van der Waals surface area (Å²) in [6, 6.07) is 0. The average Bonchev–Trinajstić information content (AvgIpc) is 3.55. The fourth-order valence-electron chi connectivity index (χ4n) is 14.0. The molecule has 24 atom stereocenters. The topological polar surface area (TPSA) is 298 Å². The highest BCUT2D eigenvalue weighted by molar-refractivity contribution is 5.32. The molecule has 66 heavy (non-hydrogen) atoms. The third-order valence-electron chi connectivity index (χ3n) is 18.3. The van der Waals surface area contributed by atoms with Gasteiger partial charge in [-0.05, 0) is 92.8 Å². The Balaban J connectivity index is 0.984. The Hall–Kier alpha value is -1.24. The summed E-state index contributed by atoms with van der Waals surface area (Å²) in [6.45, 7) is 13.8. The minimum atomic E-state index is -1.77. The van der Waals surface area contributed by atoms with Gasteiger partial charge in [-0.3, -0.25) is 0 Å². The first-order chi connectivity index (χ1) is 31.0. The minimum Gasteiger partial charge on any atom is -0.394 e. The molecule has 3 aliphatic heterocycles. The van der Waals surface area contributed by atoms with Gasteiger partial charge in [-0.2, -0.15) is 0 Å². The van der Waals surface area contributed by atoms with E-state index in [0.29, 0.717) is 24.7 Å². The van der Waals surface area contributed by atoms with Crippen molar-refractivity contribution in [3.63, 3.8) is 0 Å². The lowest BCUT2D eigenvalue weighted by Crippen LogP contribution is -2.65. The van der Waals surface area contributed by atoms with E-state index in [1.165, 1.54) is 5.57 Å². The fraction of sp³-hybridized carbons (Fsp3) is 0.917. The standard InChI is InChI=1S/C48H80O18/c1-22(21-61-44-41(38(58)35(55)29(20-51)64-44)66-43-40(60)37(57)34(54)28(19-50)63-43)9-8-10-23(2)24-15-16-46(5)30-13-11-25-26(48(30,7)31(52)17-47(24,46)6)12-14-32(45(25,3)4)65-42-39(59)36(56)33(53)27(18-49)62-42/h9,11,23-24,26-44,49-60H,8,10,12-21H2,1-7H3/b22-9+/t23-,24-,26+,27-,28-,29-,30-,31-,32-,33-,34-,35-,36+,37+,38+,39-,40-,41-,42+,43+,44-,46-,47+,48-/m0/s1. The zero-order chi connectivity index (χ0) is 48.4. The molecule has 4 aliphatic carbocycles. The molecule has 18 nitrogen and oxygen atoms in total. The summed E-state index contributed by atoms with van der Waals surface area (Å²) in [5.41, 5.74) is 1.06. The van der Waals surface area contributed by atoms with Crippen LogP contribution in [0.15, 0.2) is 23.3 Å². The molecule has 0 amide bonds. The Bertz CT molecular complexity index is 1710. The van der Waals surface area contributed by atoms with Crippen LogP contribution in [-0.4, -0.2) is 192 Å². The molecule has 12 N–H and O–H groups in total. The maximum atomic E-state index is 12.5. The van der Waals surface area contributed by atoms with Crippen LogP contribution >= 0.6 is 0 Å². The van der Waals surface area contributed by atoms with E-state index in [2.05, 4.69) is 53.7 Å². The van der Waals surface area contributed by atoms with Crippen molar-refractivity contribution in [2.45, 2.75) is 204 Å². The Morgan fingerprint density at radius 3 is 1.82 bits per heavy atom. The van der Waals surface area contributed by atoms with Gasteiger partial charge in [0.25, 0.3) is 0 Å². The normalized spacial score (nSPS) is 51.1. The molecule has 0 bridgehead atoms. The largest absolute Gasteiger partial charge is 0.394 e. The van der Waals surface area contributed by atoms with Crippen LogP contribution < -0.4 is 0 Å². The third kappa shape index (κ3) is 8.93. The van der Waals surface area contributed by atoms with E-state index in [4.69, 9.17) is 28.4 Å². The van der Waals surface area contributed by atoms with Crippen molar-refractivity contribution in [1.29, 1.82) is 0 Å². The van der Waals surface area contributed by atoms with E-state index in [1.54, 1.807) is 0 Å². The second-order valence-corrected chi connectivity index (χ2v) is 22.1. The molecular weight excluding hydrogens is 865 g/mol. The molecule has 0 aromatic heterocycles. The van der Waals surface area contributed by atoms with Crippen LogP contribution in [0.1, 0.15) is 99.8 Å². The van der Waals surface area contributed by atoms with Crippen LogP contribution in [0.2, 0.25) is 0 Å². The third-order valence-corrected chi connectivity index (χ3v) is 18.3. The summed E-state index contributed by atoms with van der Waals surface area (Å²) in [5.74, 6) is 1.06. The first-order valence-corrected chi connectivity index (χ1v) is 24.2. The quantitative estimate of drug-likeness (QED) is 0.100. The van der Waals surface area contributed by atoms with E-state index >= 15 is 0 Å². The minimum absolute atomic E-state index is 0.0336. The summed E-state index contributed by atoms with van der Waals surface area (Å²) < 4.78 is 35.3. The molecule has 0 spiro atoms. The Kier molecular flexibility index (Phi) is 16.0. The molecule has 380 valence electrons. The average molecular weight is 945 g/mol. The first-order valence-electron chi connectivity index (χ1n) is 24.2. The van der Waals surface area contributed by atoms with E-state index < -0.39 is 123 Å². The number of hydrogen-bond acceptors (Lipinski definition) is 18. The highest BCUT2D eigenvalue weighted by Gasteiger charge is 2.70. The second kappa shape index (κ2) is 20.1. The first kappa shape index (κ1) is 52.6. The molecule has 3 saturated heterocycles. The van der Waals surface area contributed by atoms with Crippen LogP contribution in [0.4, 0.5) is 0 Å². The van der Waals surface area contributed by atoms with Gasteiger partial charge in [0, 0.05) is 10.8 Å². The van der Waals surface area contributed by atoms with E-state index in [9.17, 15) is 61.3 Å². The van der Waals surface area contributed by atoms with Gasteiger partial charge >= 0.3 is 0 Å². The number of hydrogen-bond donors (Lipinski definition) is 12. The molecule has 7 aliphatic rings. The zero-order valence-corrected chi connectivity index (χ0v) is 39.6. The lowest BCUT2D eigenvalue weighted by atomic mass is 9.38. The molecule has 3 heterocycles. The number of allylic oxidation sites excluding steroid dienone is 2. The maximum Gasteiger partial charge on any atom is 0.187 e. The predicted molar refractivity (Wildman–Crippen MR) is 234 cm³/mol. The highest BCUT2D eigenvalue weighted by Crippen LogP contribution is 2.75.